The summed E-state index contributed by atoms with van der Waals surface area (Å²) in [6.45, 7) is 4.03. The lowest BCUT2D eigenvalue weighted by molar-refractivity contribution is 0.0377. The zero-order chi connectivity index (χ0) is 13.9. The van der Waals surface area contributed by atoms with Gasteiger partial charge in [0.1, 0.15) is 6.23 Å². The van der Waals surface area contributed by atoms with E-state index in [1.54, 1.807) is 26.2 Å². The van der Waals surface area contributed by atoms with Crippen molar-refractivity contribution in [1.29, 1.82) is 0 Å². The fourth-order valence-corrected chi connectivity index (χ4v) is 2.95. The van der Waals surface area contributed by atoms with E-state index in [-0.39, 0.29) is 6.23 Å². The van der Waals surface area contributed by atoms with Gasteiger partial charge in [-0.1, -0.05) is 20.3 Å². The number of rotatable bonds is 7. The highest BCUT2D eigenvalue weighted by Gasteiger charge is 2.36. The highest BCUT2D eigenvalue weighted by molar-refractivity contribution is 6.60. The molecule has 0 aromatic rings. The second kappa shape index (κ2) is 11.1. The van der Waals surface area contributed by atoms with Crippen molar-refractivity contribution in [2.24, 2.45) is 0 Å². The summed E-state index contributed by atoms with van der Waals surface area (Å²) in [7, 11) is 6.39. The van der Waals surface area contributed by atoms with Crippen molar-refractivity contribution in [3.63, 3.8) is 0 Å². The molecule has 0 fully saturated rings. The summed E-state index contributed by atoms with van der Waals surface area (Å²) in [4.78, 5) is 1.78. The third-order valence-electron chi connectivity index (χ3n) is 2.45. The Bertz CT molecular complexity index is 157. The summed E-state index contributed by atoms with van der Waals surface area (Å²) in [6, 6.07) is 0.885. The molecule has 0 heterocycles. The van der Waals surface area contributed by atoms with Crippen LogP contribution in [0.2, 0.25) is 6.04 Å². The summed E-state index contributed by atoms with van der Waals surface area (Å²) in [6.07, 6.45) is 1.56. The van der Waals surface area contributed by atoms with Crippen LogP contribution < -0.4 is 0 Å². The Morgan fingerprint density at radius 3 is 1.53 bits per heavy atom. The van der Waals surface area contributed by atoms with Crippen molar-refractivity contribution in [3.8, 4) is 0 Å². The lowest BCUT2D eigenvalue weighted by Crippen LogP contribution is -2.42. The minimum Gasteiger partial charge on any atom is -0.378 e. The van der Waals surface area contributed by atoms with Crippen molar-refractivity contribution in [2.75, 3.05) is 35.4 Å². The van der Waals surface area contributed by atoms with Crippen molar-refractivity contribution < 1.29 is 18.4 Å². The summed E-state index contributed by atoms with van der Waals surface area (Å²) in [5.74, 6) is 0. The first-order valence-electron chi connectivity index (χ1n) is 5.92. The summed E-state index contributed by atoms with van der Waals surface area (Å²) in [5.41, 5.74) is 0. The average Bonchev–Trinajstić information content (AvgIpc) is 2.35. The molecule has 1 unspecified atom stereocenters. The number of hydrogen-bond donors (Lipinski definition) is 1. The Labute approximate surface area is 107 Å². The third-order valence-corrected chi connectivity index (χ3v) is 5.43. The first kappa shape index (κ1) is 19.4. The van der Waals surface area contributed by atoms with Crippen LogP contribution in [0, 0.1) is 0 Å². The molecule has 1 N–H and O–H groups in total. The molecule has 0 aliphatic rings. The maximum Gasteiger partial charge on any atom is 0.500 e. The molecule has 0 radical (unpaired) electrons. The molecule has 0 spiro atoms. The maximum atomic E-state index is 8.86. The predicted octanol–water partition coefficient (Wildman–Crippen LogP) is 1.55. The first-order valence-corrected chi connectivity index (χ1v) is 7.86. The van der Waals surface area contributed by atoms with E-state index in [1.165, 1.54) is 0 Å². The lowest BCUT2D eigenvalue weighted by Gasteiger charge is -2.23. The van der Waals surface area contributed by atoms with Crippen LogP contribution in [0.1, 0.15) is 26.7 Å². The summed E-state index contributed by atoms with van der Waals surface area (Å²) < 4.78 is 15.5. The standard InChI is InChI=1S/C6H16O3Si.C5H13NO/c1-5-6-10(7-2,8-3)9-4;1-4-5(7)6(2)3/h5-6H2,1-4H3;5,7H,4H2,1-3H3. The van der Waals surface area contributed by atoms with Crippen LogP contribution >= 0.6 is 0 Å². The van der Waals surface area contributed by atoms with Crippen LogP contribution in [-0.2, 0) is 13.3 Å². The van der Waals surface area contributed by atoms with Gasteiger partial charge in [-0.05, 0) is 20.5 Å². The quantitative estimate of drug-likeness (QED) is 0.560. The average molecular weight is 267 g/mol. The highest BCUT2D eigenvalue weighted by atomic mass is 28.4. The topological polar surface area (TPSA) is 51.2 Å². The minimum atomic E-state index is -2.22. The van der Waals surface area contributed by atoms with Gasteiger partial charge in [0.15, 0.2) is 0 Å². The van der Waals surface area contributed by atoms with Gasteiger partial charge in [-0.2, -0.15) is 0 Å². The molecule has 0 rings (SSSR count). The predicted molar refractivity (Wildman–Crippen MR) is 71.9 cm³/mol. The van der Waals surface area contributed by atoms with E-state index >= 15 is 0 Å². The van der Waals surface area contributed by atoms with E-state index in [9.17, 15) is 0 Å². The van der Waals surface area contributed by atoms with Crippen molar-refractivity contribution in [2.45, 2.75) is 39.0 Å². The van der Waals surface area contributed by atoms with E-state index in [4.69, 9.17) is 18.4 Å². The molecular weight excluding hydrogens is 238 g/mol. The molecule has 0 aromatic carbocycles. The molecule has 0 saturated carbocycles. The summed E-state index contributed by atoms with van der Waals surface area (Å²) >= 11 is 0. The fraction of sp³-hybridized carbons (Fsp3) is 1.00. The monoisotopic (exact) mass is 267 g/mol. The molecule has 0 amide bonds. The van der Waals surface area contributed by atoms with E-state index < -0.39 is 8.80 Å². The van der Waals surface area contributed by atoms with Gasteiger partial charge >= 0.3 is 8.80 Å². The molecule has 6 heteroatoms. The first-order chi connectivity index (χ1) is 7.92. The maximum absolute atomic E-state index is 8.86. The normalized spacial score (nSPS) is 13.2. The number of aliphatic hydroxyl groups is 1. The molecule has 0 bridgehead atoms. The van der Waals surface area contributed by atoms with Gasteiger partial charge in [-0.15, -0.1) is 0 Å². The molecule has 17 heavy (non-hydrogen) atoms. The third kappa shape index (κ3) is 8.70. The van der Waals surface area contributed by atoms with Gasteiger partial charge in [0.25, 0.3) is 0 Å². The second-order valence-electron chi connectivity index (χ2n) is 3.90. The molecule has 5 nitrogen and oxygen atoms in total. The van der Waals surface area contributed by atoms with Crippen molar-refractivity contribution in [3.05, 3.63) is 0 Å². The Morgan fingerprint density at radius 2 is 1.47 bits per heavy atom. The molecule has 0 aromatic heterocycles. The Morgan fingerprint density at radius 1 is 1.06 bits per heavy atom. The SMILES string of the molecule is CCC(O)N(C)C.CCC[Si](OC)(OC)OC. The van der Waals surface area contributed by atoms with Gasteiger partial charge in [-0.3, -0.25) is 4.90 Å². The molecule has 0 aliphatic heterocycles. The van der Waals surface area contributed by atoms with Gasteiger partial charge < -0.3 is 18.4 Å². The van der Waals surface area contributed by atoms with Gasteiger partial charge in [0, 0.05) is 27.4 Å². The molecule has 106 valence electrons. The van der Waals surface area contributed by atoms with Crippen molar-refractivity contribution in [1.82, 2.24) is 4.90 Å². The van der Waals surface area contributed by atoms with E-state index in [0.29, 0.717) is 0 Å². The Kier molecular flexibility index (Phi) is 12.7. The van der Waals surface area contributed by atoms with Gasteiger partial charge in [0.05, 0.1) is 0 Å². The van der Waals surface area contributed by atoms with Crippen LogP contribution in [0.5, 0.6) is 0 Å². The number of hydrogen-bond acceptors (Lipinski definition) is 5. The van der Waals surface area contributed by atoms with E-state index in [0.717, 1.165) is 18.9 Å². The van der Waals surface area contributed by atoms with Crippen LogP contribution in [-0.4, -0.2) is 60.5 Å². The van der Waals surface area contributed by atoms with E-state index in [2.05, 4.69) is 6.92 Å². The lowest BCUT2D eigenvalue weighted by atomic mass is 10.4. The second-order valence-corrected chi connectivity index (χ2v) is 6.99. The number of nitrogens with zero attached hydrogens (tertiary/aromatic N) is 1. The van der Waals surface area contributed by atoms with Crippen molar-refractivity contribution >= 4 is 8.80 Å². The molecule has 0 aliphatic carbocycles. The van der Waals surface area contributed by atoms with Gasteiger partial charge in [0.2, 0.25) is 0 Å². The zero-order valence-corrected chi connectivity index (χ0v) is 13.3. The van der Waals surface area contributed by atoms with Crippen LogP contribution in [0.25, 0.3) is 0 Å². The molecule has 0 saturated heterocycles. The molecular formula is C11H29NO4Si. The van der Waals surface area contributed by atoms with E-state index in [1.807, 2.05) is 21.0 Å². The van der Waals surface area contributed by atoms with Crippen LogP contribution in [0.3, 0.4) is 0 Å². The minimum absolute atomic E-state index is 0.264. The smallest absolute Gasteiger partial charge is 0.378 e. The number of aliphatic hydroxyl groups excluding tert-OH is 1. The van der Waals surface area contributed by atoms with Crippen LogP contribution in [0.15, 0.2) is 0 Å². The molecule has 1 atom stereocenters. The Hall–Kier alpha value is 0.0169. The largest absolute Gasteiger partial charge is 0.500 e. The summed E-state index contributed by atoms with van der Waals surface area (Å²) in [5, 5.41) is 8.86. The zero-order valence-electron chi connectivity index (χ0n) is 12.3. The highest BCUT2D eigenvalue weighted by Crippen LogP contribution is 2.13. The fourth-order valence-electron chi connectivity index (χ4n) is 1.23. The van der Waals surface area contributed by atoms with Crippen LogP contribution in [0.4, 0.5) is 0 Å². The Balaban J connectivity index is 0. The van der Waals surface area contributed by atoms with Gasteiger partial charge in [-0.25, -0.2) is 0 Å².